The van der Waals surface area contributed by atoms with Crippen LogP contribution in [0.4, 0.5) is 0 Å². The largest absolute Gasteiger partial charge is 0.316 e. The van der Waals surface area contributed by atoms with Crippen LogP contribution in [0, 0.1) is 0 Å². The molecule has 17 heavy (non-hydrogen) atoms. The smallest absolute Gasteiger partial charge is 0.0544 e. The molecule has 0 aromatic carbocycles. The average molecular weight is 253 g/mol. The average Bonchev–Trinajstić information content (AvgIpc) is 2.32. The molecule has 1 atom stereocenters. The normalized spacial score (nSPS) is 13.0. The minimum atomic E-state index is 0.587. The minimum absolute atomic E-state index is 0.587. The molecule has 1 unspecified atom stereocenters. The third-order valence-electron chi connectivity index (χ3n) is 2.84. The van der Waals surface area contributed by atoms with Gasteiger partial charge in [-0.1, -0.05) is 6.07 Å². The SMILES string of the molecule is CNCc1ccc(CN(C)C(C)CSC)nc1. The Morgan fingerprint density at radius 2 is 2.24 bits per heavy atom. The number of hydrogen-bond acceptors (Lipinski definition) is 4. The van der Waals surface area contributed by atoms with Crippen LogP contribution in [0.2, 0.25) is 0 Å². The van der Waals surface area contributed by atoms with Crippen molar-refractivity contribution in [2.24, 2.45) is 0 Å². The summed E-state index contributed by atoms with van der Waals surface area (Å²) in [4.78, 5) is 6.84. The Kier molecular flexibility index (Phi) is 6.55. The molecule has 0 aliphatic heterocycles. The van der Waals surface area contributed by atoms with Gasteiger partial charge in [0, 0.05) is 31.1 Å². The molecule has 1 aromatic rings. The summed E-state index contributed by atoms with van der Waals surface area (Å²) in [6.45, 7) is 4.05. The summed E-state index contributed by atoms with van der Waals surface area (Å²) >= 11 is 1.89. The Bertz CT molecular complexity index is 313. The van der Waals surface area contributed by atoms with E-state index < -0.39 is 0 Å². The van der Waals surface area contributed by atoms with Crippen LogP contribution in [-0.4, -0.2) is 42.0 Å². The number of pyridine rings is 1. The Balaban J connectivity index is 2.50. The first-order chi connectivity index (χ1) is 8.17. The monoisotopic (exact) mass is 253 g/mol. The van der Waals surface area contributed by atoms with Gasteiger partial charge >= 0.3 is 0 Å². The highest BCUT2D eigenvalue weighted by atomic mass is 32.2. The van der Waals surface area contributed by atoms with Gasteiger partial charge in [0.2, 0.25) is 0 Å². The van der Waals surface area contributed by atoms with E-state index in [0.717, 1.165) is 24.5 Å². The van der Waals surface area contributed by atoms with E-state index in [1.807, 2.05) is 25.0 Å². The lowest BCUT2D eigenvalue weighted by molar-refractivity contribution is 0.266. The van der Waals surface area contributed by atoms with E-state index in [1.165, 1.54) is 5.56 Å². The van der Waals surface area contributed by atoms with Crippen molar-refractivity contribution in [3.8, 4) is 0 Å². The number of hydrogen-bond donors (Lipinski definition) is 1. The quantitative estimate of drug-likeness (QED) is 0.804. The lowest BCUT2D eigenvalue weighted by atomic mass is 10.2. The van der Waals surface area contributed by atoms with Crippen LogP contribution in [0.25, 0.3) is 0 Å². The number of nitrogens with zero attached hydrogens (tertiary/aromatic N) is 2. The van der Waals surface area contributed by atoms with Gasteiger partial charge < -0.3 is 5.32 Å². The van der Waals surface area contributed by atoms with Crippen molar-refractivity contribution in [3.05, 3.63) is 29.6 Å². The molecular formula is C13H23N3S. The maximum atomic E-state index is 4.49. The zero-order valence-electron chi connectivity index (χ0n) is 11.2. The highest BCUT2D eigenvalue weighted by Crippen LogP contribution is 2.08. The molecule has 1 heterocycles. The summed E-state index contributed by atoms with van der Waals surface area (Å²) in [6.07, 6.45) is 4.11. The summed E-state index contributed by atoms with van der Waals surface area (Å²) in [5, 5.41) is 3.13. The van der Waals surface area contributed by atoms with Crippen LogP contribution in [-0.2, 0) is 13.1 Å². The first-order valence-electron chi connectivity index (χ1n) is 5.95. The minimum Gasteiger partial charge on any atom is -0.316 e. The van der Waals surface area contributed by atoms with Gasteiger partial charge in [0.15, 0.2) is 0 Å². The standard InChI is InChI=1S/C13H23N3S/c1-11(10-17-4)16(3)9-13-6-5-12(7-14-2)8-15-13/h5-6,8,11,14H,7,9-10H2,1-4H3. The van der Waals surface area contributed by atoms with Crippen molar-refractivity contribution in [2.75, 3.05) is 26.1 Å². The Labute approximate surface area is 109 Å². The molecule has 0 bridgehead atoms. The molecule has 0 saturated carbocycles. The maximum Gasteiger partial charge on any atom is 0.0544 e. The van der Waals surface area contributed by atoms with Crippen LogP contribution >= 0.6 is 11.8 Å². The van der Waals surface area contributed by atoms with E-state index in [-0.39, 0.29) is 0 Å². The van der Waals surface area contributed by atoms with Gasteiger partial charge in [0.1, 0.15) is 0 Å². The van der Waals surface area contributed by atoms with Gasteiger partial charge in [-0.2, -0.15) is 11.8 Å². The summed E-state index contributed by atoms with van der Waals surface area (Å²) in [7, 11) is 4.11. The second-order valence-electron chi connectivity index (χ2n) is 4.41. The third kappa shape index (κ3) is 5.06. The Hall–Kier alpha value is -0.580. The van der Waals surface area contributed by atoms with E-state index in [0.29, 0.717) is 6.04 Å². The molecule has 0 saturated heterocycles. The molecule has 1 N–H and O–H groups in total. The molecule has 1 aromatic heterocycles. The van der Waals surface area contributed by atoms with Crippen molar-refractivity contribution in [1.82, 2.24) is 15.2 Å². The molecule has 1 rings (SSSR count). The van der Waals surface area contributed by atoms with Crippen molar-refractivity contribution >= 4 is 11.8 Å². The molecule has 0 radical (unpaired) electrons. The van der Waals surface area contributed by atoms with Gasteiger partial charge in [0.25, 0.3) is 0 Å². The molecule has 0 fully saturated rings. The van der Waals surface area contributed by atoms with Crippen molar-refractivity contribution in [1.29, 1.82) is 0 Å². The first kappa shape index (κ1) is 14.5. The fraction of sp³-hybridized carbons (Fsp3) is 0.615. The van der Waals surface area contributed by atoms with Crippen LogP contribution in [0.5, 0.6) is 0 Å². The second-order valence-corrected chi connectivity index (χ2v) is 5.32. The van der Waals surface area contributed by atoms with Crippen LogP contribution < -0.4 is 5.32 Å². The van der Waals surface area contributed by atoms with Gasteiger partial charge in [-0.15, -0.1) is 0 Å². The molecular weight excluding hydrogens is 230 g/mol. The number of thioether (sulfide) groups is 1. The lowest BCUT2D eigenvalue weighted by Gasteiger charge is -2.23. The molecule has 0 aliphatic carbocycles. The van der Waals surface area contributed by atoms with Crippen molar-refractivity contribution < 1.29 is 0 Å². The topological polar surface area (TPSA) is 28.2 Å². The number of rotatable bonds is 7. The fourth-order valence-corrected chi connectivity index (χ4v) is 2.37. The van der Waals surface area contributed by atoms with Crippen molar-refractivity contribution in [3.63, 3.8) is 0 Å². The summed E-state index contributed by atoms with van der Waals surface area (Å²) in [5.41, 5.74) is 2.37. The maximum absolute atomic E-state index is 4.49. The van der Waals surface area contributed by atoms with E-state index in [4.69, 9.17) is 0 Å². The Morgan fingerprint density at radius 1 is 1.47 bits per heavy atom. The molecule has 0 spiro atoms. The van der Waals surface area contributed by atoms with E-state index >= 15 is 0 Å². The van der Waals surface area contributed by atoms with Gasteiger partial charge in [0.05, 0.1) is 5.69 Å². The third-order valence-corrected chi connectivity index (χ3v) is 3.65. The van der Waals surface area contributed by atoms with Gasteiger partial charge in [-0.3, -0.25) is 9.88 Å². The highest BCUT2D eigenvalue weighted by Gasteiger charge is 2.09. The van der Waals surface area contributed by atoms with E-state index in [1.54, 1.807) is 0 Å². The molecule has 3 nitrogen and oxygen atoms in total. The summed E-state index contributed by atoms with van der Waals surface area (Å²) in [6, 6.07) is 4.85. The molecule has 0 aliphatic rings. The lowest BCUT2D eigenvalue weighted by Crippen LogP contribution is -2.30. The zero-order valence-corrected chi connectivity index (χ0v) is 12.0. The van der Waals surface area contributed by atoms with Crippen LogP contribution in [0.1, 0.15) is 18.2 Å². The Morgan fingerprint density at radius 3 is 2.76 bits per heavy atom. The first-order valence-corrected chi connectivity index (χ1v) is 7.34. The van der Waals surface area contributed by atoms with Crippen LogP contribution in [0.15, 0.2) is 18.3 Å². The highest BCUT2D eigenvalue weighted by molar-refractivity contribution is 7.98. The predicted molar refractivity (Wildman–Crippen MR) is 76.3 cm³/mol. The van der Waals surface area contributed by atoms with E-state index in [2.05, 4.69) is 47.6 Å². The van der Waals surface area contributed by atoms with Crippen molar-refractivity contribution in [2.45, 2.75) is 26.1 Å². The number of nitrogens with one attached hydrogen (secondary N) is 1. The van der Waals surface area contributed by atoms with Gasteiger partial charge in [-0.25, -0.2) is 0 Å². The summed E-state index contributed by atoms with van der Waals surface area (Å²) in [5.74, 6) is 1.16. The number of aromatic nitrogens is 1. The predicted octanol–water partition coefficient (Wildman–Crippen LogP) is 1.98. The zero-order chi connectivity index (χ0) is 12.7. The van der Waals surface area contributed by atoms with E-state index in [9.17, 15) is 0 Å². The molecule has 96 valence electrons. The molecule has 4 heteroatoms. The summed E-state index contributed by atoms with van der Waals surface area (Å²) < 4.78 is 0. The fourth-order valence-electron chi connectivity index (χ4n) is 1.64. The van der Waals surface area contributed by atoms with Crippen LogP contribution in [0.3, 0.4) is 0 Å². The molecule has 0 amide bonds. The second kappa shape index (κ2) is 7.69. The van der Waals surface area contributed by atoms with Gasteiger partial charge in [-0.05, 0) is 38.9 Å².